The Bertz CT molecular complexity index is 833. The lowest BCUT2D eigenvalue weighted by Gasteiger charge is -2.27. The van der Waals surface area contributed by atoms with E-state index in [4.69, 9.17) is 14.5 Å². The lowest BCUT2D eigenvalue weighted by molar-refractivity contribution is 0.0244. The molecule has 1 aliphatic heterocycles. The SMILES string of the molecule is CCCC(C)Nc1ncc2c(OC3CCOCC3)ncc([C@H]3CC[C@H](O)CC3)c2n1. The largest absolute Gasteiger partial charge is 0.474 e. The average molecular weight is 415 g/mol. The fourth-order valence-corrected chi connectivity index (χ4v) is 4.54. The minimum atomic E-state index is -0.182. The number of rotatable bonds is 7. The van der Waals surface area contributed by atoms with Crippen molar-refractivity contribution in [3.8, 4) is 5.88 Å². The van der Waals surface area contributed by atoms with Crippen molar-refractivity contribution >= 4 is 16.9 Å². The van der Waals surface area contributed by atoms with Gasteiger partial charge in [-0.25, -0.2) is 15.0 Å². The molecule has 7 heteroatoms. The zero-order valence-corrected chi connectivity index (χ0v) is 18.1. The molecule has 0 spiro atoms. The fraction of sp³-hybridized carbons (Fsp3) is 0.696. The normalized spacial score (nSPS) is 24.0. The summed E-state index contributed by atoms with van der Waals surface area (Å²) in [7, 11) is 0. The van der Waals surface area contributed by atoms with Crippen molar-refractivity contribution in [3.63, 3.8) is 0 Å². The number of anilines is 1. The van der Waals surface area contributed by atoms with Crippen molar-refractivity contribution in [2.24, 2.45) is 0 Å². The maximum absolute atomic E-state index is 9.93. The van der Waals surface area contributed by atoms with Crippen molar-refractivity contribution < 1.29 is 14.6 Å². The van der Waals surface area contributed by atoms with Crippen LogP contribution in [-0.4, -0.2) is 51.5 Å². The predicted molar refractivity (Wildman–Crippen MR) is 117 cm³/mol. The minimum Gasteiger partial charge on any atom is -0.474 e. The van der Waals surface area contributed by atoms with E-state index in [1.54, 1.807) is 0 Å². The molecule has 2 aromatic heterocycles. The van der Waals surface area contributed by atoms with Gasteiger partial charge in [0, 0.05) is 36.8 Å². The summed E-state index contributed by atoms with van der Waals surface area (Å²) in [5, 5.41) is 14.2. The van der Waals surface area contributed by atoms with E-state index in [1.807, 2.05) is 12.4 Å². The Balaban J connectivity index is 1.67. The highest BCUT2D eigenvalue weighted by atomic mass is 16.5. The van der Waals surface area contributed by atoms with Gasteiger partial charge < -0.3 is 19.9 Å². The summed E-state index contributed by atoms with van der Waals surface area (Å²) < 4.78 is 11.7. The minimum absolute atomic E-state index is 0.118. The van der Waals surface area contributed by atoms with Crippen molar-refractivity contribution in [2.45, 2.75) is 89.4 Å². The van der Waals surface area contributed by atoms with Crippen LogP contribution in [0.3, 0.4) is 0 Å². The Morgan fingerprint density at radius 2 is 1.90 bits per heavy atom. The zero-order chi connectivity index (χ0) is 20.9. The molecule has 1 atom stereocenters. The van der Waals surface area contributed by atoms with Crippen molar-refractivity contribution in [3.05, 3.63) is 18.0 Å². The number of hydrogen-bond donors (Lipinski definition) is 2. The quantitative estimate of drug-likeness (QED) is 0.702. The number of fused-ring (bicyclic) bond motifs is 1. The summed E-state index contributed by atoms with van der Waals surface area (Å²) in [5.41, 5.74) is 2.07. The molecule has 2 N–H and O–H groups in total. The first-order chi connectivity index (χ1) is 14.6. The average Bonchev–Trinajstić information content (AvgIpc) is 2.75. The number of aliphatic hydroxyl groups excluding tert-OH is 1. The first-order valence-corrected chi connectivity index (χ1v) is 11.5. The van der Waals surface area contributed by atoms with E-state index < -0.39 is 0 Å². The molecule has 0 radical (unpaired) electrons. The second-order valence-electron chi connectivity index (χ2n) is 8.74. The smallest absolute Gasteiger partial charge is 0.224 e. The molecule has 4 rings (SSSR count). The van der Waals surface area contributed by atoms with Gasteiger partial charge in [0.2, 0.25) is 11.8 Å². The highest BCUT2D eigenvalue weighted by Gasteiger charge is 2.26. The molecular formula is C23H34N4O3. The molecule has 2 aliphatic rings. The van der Waals surface area contributed by atoms with E-state index in [2.05, 4.69) is 29.1 Å². The maximum Gasteiger partial charge on any atom is 0.224 e. The molecule has 164 valence electrons. The Morgan fingerprint density at radius 1 is 1.13 bits per heavy atom. The summed E-state index contributed by atoms with van der Waals surface area (Å²) in [6.45, 7) is 5.79. The highest BCUT2D eigenvalue weighted by Crippen LogP contribution is 2.38. The van der Waals surface area contributed by atoms with Crippen LogP contribution in [0.15, 0.2) is 12.4 Å². The lowest BCUT2D eigenvalue weighted by Crippen LogP contribution is -2.26. The molecule has 3 heterocycles. The van der Waals surface area contributed by atoms with Crippen LogP contribution in [0.2, 0.25) is 0 Å². The molecule has 0 bridgehead atoms. The standard InChI is InChI=1S/C23H34N4O3/c1-3-4-15(2)26-23-25-14-20-21(27-23)19(16-5-7-17(28)8-6-16)13-24-22(20)30-18-9-11-29-12-10-18/h13-18,28H,3-12H2,1-2H3,(H,25,26,27)/t15?,16-,17-. The third-order valence-electron chi connectivity index (χ3n) is 6.29. The molecule has 0 aromatic carbocycles. The number of pyridine rings is 1. The first kappa shape index (κ1) is 21.2. The van der Waals surface area contributed by atoms with Crippen LogP contribution in [0.25, 0.3) is 10.9 Å². The highest BCUT2D eigenvalue weighted by molar-refractivity contribution is 5.86. The molecule has 30 heavy (non-hydrogen) atoms. The van der Waals surface area contributed by atoms with E-state index in [0.29, 0.717) is 23.8 Å². The fourth-order valence-electron chi connectivity index (χ4n) is 4.54. The number of aliphatic hydroxyl groups is 1. The van der Waals surface area contributed by atoms with E-state index in [0.717, 1.165) is 81.0 Å². The van der Waals surface area contributed by atoms with Crippen molar-refractivity contribution in [2.75, 3.05) is 18.5 Å². The van der Waals surface area contributed by atoms with Crippen LogP contribution >= 0.6 is 0 Å². The molecular weight excluding hydrogens is 380 g/mol. The Hall–Kier alpha value is -1.99. The molecule has 0 amide bonds. The van der Waals surface area contributed by atoms with Gasteiger partial charge in [-0.05, 0) is 44.9 Å². The van der Waals surface area contributed by atoms with Crippen LogP contribution < -0.4 is 10.1 Å². The van der Waals surface area contributed by atoms with Crippen LogP contribution in [-0.2, 0) is 4.74 Å². The Kier molecular flexibility index (Phi) is 7.00. The number of nitrogens with zero attached hydrogens (tertiary/aromatic N) is 3. The molecule has 2 fully saturated rings. The number of ether oxygens (including phenoxy) is 2. The number of nitrogens with one attached hydrogen (secondary N) is 1. The lowest BCUT2D eigenvalue weighted by atomic mass is 9.83. The van der Waals surface area contributed by atoms with Gasteiger partial charge in [0.15, 0.2) is 0 Å². The van der Waals surface area contributed by atoms with Gasteiger partial charge in [-0.3, -0.25) is 0 Å². The van der Waals surface area contributed by atoms with E-state index in [9.17, 15) is 5.11 Å². The summed E-state index contributed by atoms with van der Waals surface area (Å²) in [4.78, 5) is 14.2. The maximum atomic E-state index is 9.93. The molecule has 1 saturated heterocycles. The monoisotopic (exact) mass is 414 g/mol. The summed E-state index contributed by atoms with van der Waals surface area (Å²) in [5.74, 6) is 1.63. The summed E-state index contributed by atoms with van der Waals surface area (Å²) in [6, 6.07) is 0.320. The van der Waals surface area contributed by atoms with Crippen LogP contribution in [0, 0.1) is 0 Å². The second kappa shape index (κ2) is 9.88. The predicted octanol–water partition coefficient (Wildman–Crippen LogP) is 4.20. The van der Waals surface area contributed by atoms with Crippen LogP contribution in [0.1, 0.15) is 76.7 Å². The van der Waals surface area contributed by atoms with Gasteiger partial charge in [0.05, 0.1) is 30.2 Å². The van der Waals surface area contributed by atoms with Gasteiger partial charge in [-0.15, -0.1) is 0 Å². The van der Waals surface area contributed by atoms with Gasteiger partial charge in [-0.2, -0.15) is 0 Å². The molecule has 2 aromatic rings. The molecule has 1 aliphatic carbocycles. The van der Waals surface area contributed by atoms with E-state index in [-0.39, 0.29) is 12.2 Å². The van der Waals surface area contributed by atoms with Gasteiger partial charge >= 0.3 is 0 Å². The third-order valence-corrected chi connectivity index (χ3v) is 6.29. The second-order valence-corrected chi connectivity index (χ2v) is 8.74. The topological polar surface area (TPSA) is 89.4 Å². The number of hydrogen-bond acceptors (Lipinski definition) is 7. The van der Waals surface area contributed by atoms with Gasteiger partial charge in [-0.1, -0.05) is 13.3 Å². The Morgan fingerprint density at radius 3 is 2.63 bits per heavy atom. The summed E-state index contributed by atoms with van der Waals surface area (Å²) >= 11 is 0. The van der Waals surface area contributed by atoms with E-state index in [1.165, 1.54) is 0 Å². The zero-order valence-electron chi connectivity index (χ0n) is 18.1. The molecule has 1 unspecified atom stereocenters. The van der Waals surface area contributed by atoms with Gasteiger partial charge in [0.25, 0.3) is 0 Å². The van der Waals surface area contributed by atoms with Crippen LogP contribution in [0.5, 0.6) is 5.88 Å². The third kappa shape index (κ3) is 5.01. The van der Waals surface area contributed by atoms with Crippen LogP contribution in [0.4, 0.5) is 5.95 Å². The number of aromatic nitrogens is 3. The summed E-state index contributed by atoms with van der Waals surface area (Å²) in [6.07, 6.45) is 11.2. The Labute approximate surface area is 178 Å². The van der Waals surface area contributed by atoms with Crippen molar-refractivity contribution in [1.29, 1.82) is 0 Å². The molecule has 1 saturated carbocycles. The van der Waals surface area contributed by atoms with Crippen molar-refractivity contribution in [1.82, 2.24) is 15.0 Å². The first-order valence-electron chi connectivity index (χ1n) is 11.5. The van der Waals surface area contributed by atoms with E-state index >= 15 is 0 Å². The molecule has 7 nitrogen and oxygen atoms in total. The van der Waals surface area contributed by atoms with Gasteiger partial charge in [0.1, 0.15) is 6.10 Å².